The van der Waals surface area contributed by atoms with E-state index < -0.39 is 0 Å². The standard InChI is InChI=1S/C17H30N2O/c1-6-20-17-8-7-16(18)9-15(17)12-19(10-13(2)3)11-14(4)5/h7-9,13-14H,6,10-12,18H2,1-5H3. The van der Waals surface area contributed by atoms with Crippen molar-refractivity contribution in [2.75, 3.05) is 25.4 Å². The fourth-order valence-corrected chi connectivity index (χ4v) is 2.50. The maximum Gasteiger partial charge on any atom is 0.123 e. The summed E-state index contributed by atoms with van der Waals surface area (Å²) >= 11 is 0. The minimum Gasteiger partial charge on any atom is -0.494 e. The van der Waals surface area contributed by atoms with Gasteiger partial charge in [-0.1, -0.05) is 27.7 Å². The van der Waals surface area contributed by atoms with E-state index in [1.165, 1.54) is 5.56 Å². The van der Waals surface area contributed by atoms with Gasteiger partial charge in [-0.25, -0.2) is 0 Å². The van der Waals surface area contributed by atoms with Crippen LogP contribution in [0.5, 0.6) is 5.75 Å². The van der Waals surface area contributed by atoms with Gasteiger partial charge in [0.25, 0.3) is 0 Å². The molecule has 0 saturated carbocycles. The van der Waals surface area contributed by atoms with Crippen molar-refractivity contribution < 1.29 is 4.74 Å². The predicted octanol–water partition coefficient (Wildman–Crippen LogP) is 3.78. The second kappa shape index (κ2) is 8.15. The lowest BCUT2D eigenvalue weighted by atomic mass is 10.1. The quantitative estimate of drug-likeness (QED) is 0.735. The van der Waals surface area contributed by atoms with Crippen LogP contribution in [0.4, 0.5) is 5.69 Å². The average molecular weight is 278 g/mol. The smallest absolute Gasteiger partial charge is 0.123 e. The lowest BCUT2D eigenvalue weighted by Crippen LogP contribution is -2.31. The highest BCUT2D eigenvalue weighted by Crippen LogP contribution is 2.24. The maximum atomic E-state index is 5.93. The molecule has 114 valence electrons. The van der Waals surface area contributed by atoms with Gasteiger partial charge in [0, 0.05) is 30.9 Å². The molecule has 0 bridgehead atoms. The molecule has 0 aromatic heterocycles. The molecule has 3 heteroatoms. The Morgan fingerprint density at radius 1 is 1.10 bits per heavy atom. The summed E-state index contributed by atoms with van der Waals surface area (Å²) in [5.41, 5.74) is 7.92. The molecule has 20 heavy (non-hydrogen) atoms. The van der Waals surface area contributed by atoms with Crippen LogP contribution in [0.25, 0.3) is 0 Å². The van der Waals surface area contributed by atoms with Gasteiger partial charge in [0.2, 0.25) is 0 Å². The Kier molecular flexibility index (Phi) is 6.86. The normalized spacial score (nSPS) is 11.6. The lowest BCUT2D eigenvalue weighted by Gasteiger charge is -2.27. The van der Waals surface area contributed by atoms with Crippen LogP contribution < -0.4 is 10.5 Å². The number of anilines is 1. The van der Waals surface area contributed by atoms with E-state index in [1.54, 1.807) is 0 Å². The first-order valence-electron chi connectivity index (χ1n) is 7.65. The molecule has 0 amide bonds. The summed E-state index contributed by atoms with van der Waals surface area (Å²) in [6.45, 7) is 14.8. The summed E-state index contributed by atoms with van der Waals surface area (Å²) in [5, 5.41) is 0. The predicted molar refractivity (Wildman–Crippen MR) is 87.0 cm³/mol. The van der Waals surface area contributed by atoms with Crippen molar-refractivity contribution in [2.45, 2.75) is 41.2 Å². The Hall–Kier alpha value is -1.22. The zero-order chi connectivity index (χ0) is 15.1. The molecule has 0 aliphatic heterocycles. The highest BCUT2D eigenvalue weighted by atomic mass is 16.5. The molecule has 0 aliphatic rings. The molecule has 0 heterocycles. The average Bonchev–Trinajstić information content (AvgIpc) is 2.31. The van der Waals surface area contributed by atoms with Gasteiger partial charge in [0.1, 0.15) is 5.75 Å². The van der Waals surface area contributed by atoms with Gasteiger partial charge in [-0.3, -0.25) is 4.90 Å². The molecular formula is C17H30N2O. The number of nitrogens with two attached hydrogens (primary N) is 1. The fourth-order valence-electron chi connectivity index (χ4n) is 2.50. The van der Waals surface area contributed by atoms with Gasteiger partial charge < -0.3 is 10.5 Å². The maximum absolute atomic E-state index is 5.93. The second-order valence-corrected chi connectivity index (χ2v) is 6.28. The minimum absolute atomic E-state index is 0.658. The van der Waals surface area contributed by atoms with Crippen molar-refractivity contribution in [3.05, 3.63) is 23.8 Å². The second-order valence-electron chi connectivity index (χ2n) is 6.28. The summed E-state index contributed by atoms with van der Waals surface area (Å²) in [7, 11) is 0. The van der Waals surface area contributed by atoms with Crippen molar-refractivity contribution in [3.63, 3.8) is 0 Å². The van der Waals surface area contributed by atoms with E-state index in [0.29, 0.717) is 18.4 Å². The van der Waals surface area contributed by atoms with E-state index in [1.807, 2.05) is 25.1 Å². The number of benzene rings is 1. The fraction of sp³-hybridized carbons (Fsp3) is 0.647. The Balaban J connectivity index is 2.87. The third-order valence-corrected chi connectivity index (χ3v) is 3.03. The van der Waals surface area contributed by atoms with Crippen LogP contribution in [0.2, 0.25) is 0 Å². The molecule has 0 aliphatic carbocycles. The molecule has 0 spiro atoms. The van der Waals surface area contributed by atoms with E-state index in [4.69, 9.17) is 10.5 Å². The molecule has 0 radical (unpaired) electrons. The van der Waals surface area contributed by atoms with Crippen LogP contribution in [0, 0.1) is 11.8 Å². The van der Waals surface area contributed by atoms with E-state index in [0.717, 1.165) is 31.1 Å². The van der Waals surface area contributed by atoms with Crippen molar-refractivity contribution in [3.8, 4) is 5.75 Å². The van der Waals surface area contributed by atoms with Crippen LogP contribution in [0.1, 0.15) is 40.2 Å². The molecule has 0 saturated heterocycles. The molecular weight excluding hydrogens is 248 g/mol. The number of nitrogens with zero attached hydrogens (tertiary/aromatic N) is 1. The van der Waals surface area contributed by atoms with Gasteiger partial charge in [0.15, 0.2) is 0 Å². The molecule has 0 fully saturated rings. The first-order valence-corrected chi connectivity index (χ1v) is 7.65. The largest absolute Gasteiger partial charge is 0.494 e. The lowest BCUT2D eigenvalue weighted by molar-refractivity contribution is 0.208. The van der Waals surface area contributed by atoms with Crippen LogP contribution >= 0.6 is 0 Å². The first-order chi connectivity index (χ1) is 9.42. The zero-order valence-electron chi connectivity index (χ0n) is 13.6. The van der Waals surface area contributed by atoms with Crippen LogP contribution in [-0.4, -0.2) is 24.6 Å². The SMILES string of the molecule is CCOc1ccc(N)cc1CN(CC(C)C)CC(C)C. The molecule has 2 N–H and O–H groups in total. The Labute approximate surface area is 124 Å². The van der Waals surface area contributed by atoms with E-state index in [2.05, 4.69) is 32.6 Å². The number of nitrogen functional groups attached to an aromatic ring is 1. The minimum atomic E-state index is 0.658. The third-order valence-electron chi connectivity index (χ3n) is 3.03. The van der Waals surface area contributed by atoms with E-state index in [9.17, 15) is 0 Å². The van der Waals surface area contributed by atoms with Crippen LogP contribution in [-0.2, 0) is 6.54 Å². The molecule has 1 rings (SSSR count). The number of hydrogen-bond acceptors (Lipinski definition) is 3. The summed E-state index contributed by atoms with van der Waals surface area (Å²) in [6.07, 6.45) is 0. The third kappa shape index (κ3) is 5.83. The molecule has 1 aromatic carbocycles. The number of ether oxygens (including phenoxy) is 1. The van der Waals surface area contributed by atoms with Crippen molar-refractivity contribution in [1.82, 2.24) is 4.90 Å². The summed E-state index contributed by atoms with van der Waals surface area (Å²) in [5.74, 6) is 2.27. The van der Waals surface area contributed by atoms with E-state index in [-0.39, 0.29) is 0 Å². The van der Waals surface area contributed by atoms with Gasteiger partial charge in [0.05, 0.1) is 6.61 Å². The Bertz CT molecular complexity index is 392. The Morgan fingerprint density at radius 3 is 2.20 bits per heavy atom. The van der Waals surface area contributed by atoms with Crippen molar-refractivity contribution >= 4 is 5.69 Å². The molecule has 1 aromatic rings. The topological polar surface area (TPSA) is 38.5 Å². The summed E-state index contributed by atoms with van der Waals surface area (Å²) < 4.78 is 5.72. The monoisotopic (exact) mass is 278 g/mol. The zero-order valence-corrected chi connectivity index (χ0v) is 13.6. The van der Waals surface area contributed by atoms with Crippen molar-refractivity contribution in [2.24, 2.45) is 11.8 Å². The molecule has 0 atom stereocenters. The van der Waals surface area contributed by atoms with Crippen molar-refractivity contribution in [1.29, 1.82) is 0 Å². The van der Waals surface area contributed by atoms with Gasteiger partial charge in [-0.15, -0.1) is 0 Å². The van der Waals surface area contributed by atoms with Gasteiger partial charge in [-0.05, 0) is 37.0 Å². The number of rotatable bonds is 8. The summed E-state index contributed by atoms with van der Waals surface area (Å²) in [6, 6.07) is 5.93. The van der Waals surface area contributed by atoms with Gasteiger partial charge >= 0.3 is 0 Å². The van der Waals surface area contributed by atoms with E-state index >= 15 is 0 Å². The molecule has 0 unspecified atom stereocenters. The highest BCUT2D eigenvalue weighted by Gasteiger charge is 2.13. The highest BCUT2D eigenvalue weighted by molar-refractivity contribution is 5.47. The van der Waals surface area contributed by atoms with Crippen LogP contribution in [0.3, 0.4) is 0 Å². The number of hydrogen-bond donors (Lipinski definition) is 1. The van der Waals surface area contributed by atoms with Gasteiger partial charge in [-0.2, -0.15) is 0 Å². The Morgan fingerprint density at radius 2 is 1.70 bits per heavy atom. The first kappa shape index (κ1) is 16.8. The van der Waals surface area contributed by atoms with Crippen LogP contribution in [0.15, 0.2) is 18.2 Å². The molecule has 3 nitrogen and oxygen atoms in total. The summed E-state index contributed by atoms with van der Waals surface area (Å²) in [4.78, 5) is 2.49.